The van der Waals surface area contributed by atoms with Crippen molar-refractivity contribution in [2.75, 3.05) is 6.67 Å². The quantitative estimate of drug-likeness (QED) is 0.545. The van der Waals surface area contributed by atoms with Gasteiger partial charge in [0.15, 0.2) is 6.67 Å². The number of hydrogen-bond acceptors (Lipinski definition) is 2. The monoisotopic (exact) mass is 198 g/mol. The highest BCUT2D eigenvalue weighted by atomic mass is 19.1. The number of ketones is 2. The molecule has 1 atom stereocenters. The van der Waals surface area contributed by atoms with Crippen molar-refractivity contribution in [2.45, 2.75) is 6.17 Å². The maximum absolute atomic E-state index is 12.9. The third-order valence-electron chi connectivity index (χ3n) is 1.70. The fourth-order valence-electron chi connectivity index (χ4n) is 0.963. The van der Waals surface area contributed by atoms with E-state index in [1.807, 2.05) is 0 Å². The molecule has 1 aromatic rings. The van der Waals surface area contributed by atoms with Crippen LogP contribution < -0.4 is 0 Å². The third kappa shape index (κ3) is 2.22. The lowest BCUT2D eigenvalue weighted by Crippen LogP contribution is -2.27. The summed E-state index contributed by atoms with van der Waals surface area (Å²) in [4.78, 5) is 21.7. The van der Waals surface area contributed by atoms with Crippen LogP contribution in [0.2, 0.25) is 0 Å². The Morgan fingerprint density at radius 1 is 1.21 bits per heavy atom. The molecule has 0 amide bonds. The molecule has 0 spiro atoms. The molecule has 0 saturated carbocycles. The molecule has 74 valence electrons. The van der Waals surface area contributed by atoms with E-state index < -0.39 is 24.4 Å². The first-order chi connectivity index (χ1) is 6.66. The van der Waals surface area contributed by atoms with Crippen LogP contribution in [-0.4, -0.2) is 24.4 Å². The molecule has 1 unspecified atom stereocenters. The van der Waals surface area contributed by atoms with Gasteiger partial charge in [0.05, 0.1) is 0 Å². The van der Waals surface area contributed by atoms with Gasteiger partial charge in [0, 0.05) is 5.56 Å². The maximum Gasteiger partial charge on any atom is 0.223 e. The van der Waals surface area contributed by atoms with Crippen LogP contribution in [0.4, 0.5) is 8.78 Å². The highest BCUT2D eigenvalue weighted by molar-refractivity contribution is 6.13. The van der Waals surface area contributed by atoms with Gasteiger partial charge in [-0.05, 0) is 0 Å². The molecule has 4 heteroatoms. The smallest absolute Gasteiger partial charge is 0.223 e. The van der Waals surface area contributed by atoms with Gasteiger partial charge >= 0.3 is 0 Å². The van der Waals surface area contributed by atoms with Crippen molar-refractivity contribution >= 4 is 11.6 Å². The Hall–Kier alpha value is -1.58. The molecule has 1 aromatic carbocycles. The molecule has 0 saturated heterocycles. The van der Waals surface area contributed by atoms with Crippen LogP contribution >= 0.6 is 0 Å². The SMILES string of the molecule is O=C(CF)C(F)C(=O)c1ccccc1. The molecule has 0 radical (unpaired) electrons. The largest absolute Gasteiger partial charge is 0.293 e. The predicted octanol–water partition coefficient (Wildman–Crippen LogP) is 1.75. The van der Waals surface area contributed by atoms with Crippen LogP contribution in [-0.2, 0) is 4.79 Å². The fourth-order valence-corrected chi connectivity index (χ4v) is 0.963. The van der Waals surface area contributed by atoms with Gasteiger partial charge in [-0.15, -0.1) is 0 Å². The van der Waals surface area contributed by atoms with Crippen molar-refractivity contribution < 1.29 is 18.4 Å². The van der Waals surface area contributed by atoms with Gasteiger partial charge < -0.3 is 0 Å². The first kappa shape index (κ1) is 10.5. The summed E-state index contributed by atoms with van der Waals surface area (Å²) in [6, 6.07) is 7.49. The highest BCUT2D eigenvalue weighted by Crippen LogP contribution is 2.07. The highest BCUT2D eigenvalue weighted by Gasteiger charge is 2.26. The van der Waals surface area contributed by atoms with E-state index in [2.05, 4.69) is 0 Å². The van der Waals surface area contributed by atoms with Crippen LogP contribution in [0.1, 0.15) is 10.4 Å². The summed E-state index contributed by atoms with van der Waals surface area (Å²) in [7, 11) is 0. The van der Waals surface area contributed by atoms with E-state index in [1.54, 1.807) is 18.2 Å². The zero-order valence-corrected chi connectivity index (χ0v) is 7.24. The molecule has 0 fully saturated rings. The maximum atomic E-state index is 12.9. The van der Waals surface area contributed by atoms with E-state index in [-0.39, 0.29) is 5.56 Å². The van der Waals surface area contributed by atoms with Gasteiger partial charge in [0.2, 0.25) is 17.7 Å². The fraction of sp³-hybridized carbons (Fsp3) is 0.200. The molecular formula is C10H8F2O2. The van der Waals surface area contributed by atoms with E-state index in [4.69, 9.17) is 0 Å². The molecule has 14 heavy (non-hydrogen) atoms. The summed E-state index contributed by atoms with van der Waals surface area (Å²) in [6.07, 6.45) is -2.39. The van der Waals surface area contributed by atoms with Gasteiger partial charge in [0.1, 0.15) is 0 Å². The van der Waals surface area contributed by atoms with E-state index in [0.717, 1.165) is 0 Å². The number of benzene rings is 1. The molecule has 0 heterocycles. The van der Waals surface area contributed by atoms with E-state index in [9.17, 15) is 18.4 Å². The number of alkyl halides is 2. The van der Waals surface area contributed by atoms with Crippen molar-refractivity contribution in [1.82, 2.24) is 0 Å². The van der Waals surface area contributed by atoms with E-state index in [0.29, 0.717) is 0 Å². The van der Waals surface area contributed by atoms with Crippen molar-refractivity contribution in [3.63, 3.8) is 0 Å². The predicted molar refractivity (Wildman–Crippen MR) is 46.7 cm³/mol. The zero-order chi connectivity index (χ0) is 10.6. The average molecular weight is 198 g/mol. The minimum Gasteiger partial charge on any atom is -0.293 e. The van der Waals surface area contributed by atoms with Gasteiger partial charge in [-0.3, -0.25) is 9.59 Å². The van der Waals surface area contributed by atoms with Crippen LogP contribution in [0.5, 0.6) is 0 Å². The number of Topliss-reactive ketones (excluding diaryl/α,β-unsaturated/α-hetero) is 2. The Labute approximate surface area is 79.5 Å². The van der Waals surface area contributed by atoms with Crippen molar-refractivity contribution in [2.24, 2.45) is 0 Å². The van der Waals surface area contributed by atoms with Crippen LogP contribution in [0, 0.1) is 0 Å². The van der Waals surface area contributed by atoms with Crippen LogP contribution in [0.3, 0.4) is 0 Å². The van der Waals surface area contributed by atoms with Crippen molar-refractivity contribution in [3.05, 3.63) is 35.9 Å². The summed E-state index contributed by atoms with van der Waals surface area (Å²) >= 11 is 0. The van der Waals surface area contributed by atoms with E-state index >= 15 is 0 Å². The van der Waals surface area contributed by atoms with Crippen LogP contribution in [0.25, 0.3) is 0 Å². The Bertz CT molecular complexity index is 335. The number of halogens is 2. The molecular weight excluding hydrogens is 190 g/mol. The van der Waals surface area contributed by atoms with Crippen LogP contribution in [0.15, 0.2) is 30.3 Å². The molecule has 0 aromatic heterocycles. The van der Waals surface area contributed by atoms with Gasteiger partial charge in [-0.1, -0.05) is 30.3 Å². The lowest BCUT2D eigenvalue weighted by atomic mass is 10.1. The molecule has 2 nitrogen and oxygen atoms in total. The summed E-state index contributed by atoms with van der Waals surface area (Å²) in [6.45, 7) is -1.46. The molecule has 0 N–H and O–H groups in total. The molecule has 0 aliphatic carbocycles. The Balaban J connectivity index is 2.81. The standard InChI is InChI=1S/C10H8F2O2/c11-6-8(13)9(12)10(14)7-4-2-1-3-5-7/h1-5,9H,6H2. The molecule has 0 aliphatic heterocycles. The Morgan fingerprint density at radius 2 is 1.79 bits per heavy atom. The minimum absolute atomic E-state index is 0.0711. The first-order valence-corrected chi connectivity index (χ1v) is 3.99. The summed E-state index contributed by atoms with van der Waals surface area (Å²) in [5.41, 5.74) is 0.0711. The molecule has 0 bridgehead atoms. The minimum atomic E-state index is -2.39. The Kier molecular flexibility index (Phi) is 3.45. The second kappa shape index (κ2) is 4.60. The zero-order valence-electron chi connectivity index (χ0n) is 7.24. The van der Waals surface area contributed by atoms with Gasteiger partial charge in [-0.25, -0.2) is 8.78 Å². The van der Waals surface area contributed by atoms with Crippen molar-refractivity contribution in [1.29, 1.82) is 0 Å². The lowest BCUT2D eigenvalue weighted by Gasteiger charge is -2.03. The molecule has 1 rings (SSSR count). The number of carbonyl (C=O) groups is 2. The number of rotatable bonds is 4. The average Bonchev–Trinajstić information content (AvgIpc) is 2.27. The first-order valence-electron chi connectivity index (χ1n) is 3.99. The summed E-state index contributed by atoms with van der Waals surface area (Å²) < 4.78 is 24.7. The van der Waals surface area contributed by atoms with Gasteiger partial charge in [-0.2, -0.15) is 0 Å². The topological polar surface area (TPSA) is 34.1 Å². The second-order valence-corrected chi connectivity index (χ2v) is 2.69. The summed E-state index contributed by atoms with van der Waals surface area (Å²) in [5, 5.41) is 0. The summed E-state index contributed by atoms with van der Waals surface area (Å²) in [5.74, 6) is -2.33. The Morgan fingerprint density at radius 3 is 2.29 bits per heavy atom. The normalized spacial score (nSPS) is 12.1. The number of hydrogen-bond donors (Lipinski definition) is 0. The van der Waals surface area contributed by atoms with Gasteiger partial charge in [0.25, 0.3) is 0 Å². The second-order valence-electron chi connectivity index (χ2n) is 2.69. The van der Waals surface area contributed by atoms with E-state index in [1.165, 1.54) is 12.1 Å². The third-order valence-corrected chi connectivity index (χ3v) is 1.70. The lowest BCUT2D eigenvalue weighted by molar-refractivity contribution is -0.123. The molecule has 0 aliphatic rings. The number of carbonyl (C=O) groups excluding carboxylic acids is 2. The van der Waals surface area contributed by atoms with Crippen molar-refractivity contribution in [3.8, 4) is 0 Å².